The van der Waals surface area contributed by atoms with Crippen LogP contribution in [0.5, 0.6) is 0 Å². The highest BCUT2D eigenvalue weighted by Gasteiger charge is 2.25. The number of aromatic nitrogens is 4. The molecule has 9 heteroatoms. The van der Waals surface area contributed by atoms with Gasteiger partial charge in [0.15, 0.2) is 5.82 Å². The number of nitrogens with zero attached hydrogens (tertiary/aromatic N) is 4. The van der Waals surface area contributed by atoms with Gasteiger partial charge in [0.25, 0.3) is 0 Å². The van der Waals surface area contributed by atoms with Gasteiger partial charge in [0, 0.05) is 12.8 Å². The fraction of sp³-hybridized carbons (Fsp3) is 0.333. The Balaban J connectivity index is 1.14. The van der Waals surface area contributed by atoms with Gasteiger partial charge in [-0.3, -0.25) is 9.59 Å². The number of unbranched alkanes of at least 4 members (excludes halogenated alkanes) is 1. The van der Waals surface area contributed by atoms with E-state index in [-0.39, 0.29) is 17.2 Å². The van der Waals surface area contributed by atoms with Gasteiger partial charge in [-0.05, 0) is 48.8 Å². The molecule has 1 atom stereocenters. The van der Waals surface area contributed by atoms with Crippen molar-refractivity contribution >= 4 is 34.1 Å². The first-order valence-electron chi connectivity index (χ1n) is 12.1. The van der Waals surface area contributed by atoms with Crippen LogP contribution in [0.25, 0.3) is 0 Å². The van der Waals surface area contributed by atoms with Crippen molar-refractivity contribution in [2.45, 2.75) is 51.9 Å². The highest BCUT2D eigenvalue weighted by Crippen LogP contribution is 2.31. The van der Waals surface area contributed by atoms with E-state index in [0.29, 0.717) is 23.8 Å². The molecule has 0 spiro atoms. The van der Waals surface area contributed by atoms with E-state index in [9.17, 15) is 9.59 Å². The molecule has 0 saturated carbocycles. The van der Waals surface area contributed by atoms with Crippen LogP contribution in [0.4, 0.5) is 10.9 Å². The summed E-state index contributed by atoms with van der Waals surface area (Å²) in [5.41, 5.74) is 1.68. The first-order valence-corrected chi connectivity index (χ1v) is 12.9. The molecule has 186 valence electrons. The molecule has 1 unspecified atom stereocenters. The lowest BCUT2D eigenvalue weighted by Crippen LogP contribution is -2.23. The van der Waals surface area contributed by atoms with Crippen LogP contribution in [0.3, 0.4) is 0 Å². The molecule has 2 aromatic heterocycles. The second kappa shape index (κ2) is 12.3. The van der Waals surface area contributed by atoms with Crippen molar-refractivity contribution in [3.05, 3.63) is 83.0 Å². The number of anilines is 2. The van der Waals surface area contributed by atoms with Crippen LogP contribution in [-0.2, 0) is 28.9 Å². The van der Waals surface area contributed by atoms with Gasteiger partial charge in [-0.15, -0.1) is 15.3 Å². The Morgan fingerprint density at radius 2 is 1.75 bits per heavy atom. The lowest BCUT2D eigenvalue weighted by Gasteiger charge is -2.25. The van der Waals surface area contributed by atoms with Gasteiger partial charge in [-0.1, -0.05) is 72.9 Å². The predicted molar refractivity (Wildman–Crippen MR) is 142 cm³/mol. The van der Waals surface area contributed by atoms with Gasteiger partial charge in [-0.2, -0.15) is 5.10 Å². The van der Waals surface area contributed by atoms with Crippen molar-refractivity contribution in [3.63, 3.8) is 0 Å². The van der Waals surface area contributed by atoms with Gasteiger partial charge < -0.3 is 10.6 Å². The van der Waals surface area contributed by atoms with Crippen LogP contribution >= 0.6 is 11.3 Å². The quantitative estimate of drug-likeness (QED) is 0.360. The first-order chi connectivity index (χ1) is 17.5. The molecule has 1 aromatic carbocycles. The summed E-state index contributed by atoms with van der Waals surface area (Å²) in [5, 5.41) is 23.8. The summed E-state index contributed by atoms with van der Waals surface area (Å²) in [6.45, 7) is 2.08. The SMILES string of the molecule is CC1(CC(=O)Nc2nnc(CCCCc3ccc(NC(=O)Cc4ccccc4)nn3)s2)C=CC=CC1. The predicted octanol–water partition coefficient (Wildman–Crippen LogP) is 4.93. The monoisotopic (exact) mass is 502 g/mol. The highest BCUT2D eigenvalue weighted by molar-refractivity contribution is 7.15. The molecule has 0 saturated heterocycles. The summed E-state index contributed by atoms with van der Waals surface area (Å²) in [7, 11) is 0. The second-order valence-corrected chi connectivity index (χ2v) is 10.3. The summed E-state index contributed by atoms with van der Waals surface area (Å²) >= 11 is 1.42. The molecular formula is C27H30N6O2S. The lowest BCUT2D eigenvalue weighted by molar-refractivity contribution is -0.118. The number of benzene rings is 1. The molecule has 1 aliphatic rings. The summed E-state index contributed by atoms with van der Waals surface area (Å²) in [4.78, 5) is 24.6. The molecule has 0 radical (unpaired) electrons. The maximum Gasteiger partial charge on any atom is 0.229 e. The van der Waals surface area contributed by atoms with Gasteiger partial charge in [0.1, 0.15) is 5.01 Å². The van der Waals surface area contributed by atoms with Crippen LogP contribution in [0.15, 0.2) is 66.8 Å². The third kappa shape index (κ3) is 7.91. The molecule has 0 aliphatic heterocycles. The van der Waals surface area contributed by atoms with E-state index in [1.165, 1.54) is 11.3 Å². The number of aryl methyl sites for hydroxylation is 2. The standard InChI is InChI=1S/C27H30N6O2S/c1-27(16-8-3-9-17-27)19-24(35)29-26-33-32-25(36-26)13-7-6-12-21-14-15-22(31-30-21)28-23(34)18-20-10-4-2-5-11-20/h2-5,8-11,14-16H,6-7,12-13,17-19H2,1H3,(H,28,31,34)(H,29,33,35). The number of rotatable bonds is 11. The second-order valence-electron chi connectivity index (χ2n) is 9.20. The maximum atomic E-state index is 12.4. The number of nitrogens with one attached hydrogen (secondary N) is 2. The third-order valence-corrected chi connectivity index (χ3v) is 6.77. The molecule has 4 rings (SSSR count). The minimum atomic E-state index is -0.152. The smallest absolute Gasteiger partial charge is 0.229 e. The van der Waals surface area contributed by atoms with Crippen molar-refractivity contribution < 1.29 is 9.59 Å². The van der Waals surface area contributed by atoms with E-state index in [1.807, 2.05) is 48.6 Å². The minimum Gasteiger partial charge on any atom is -0.309 e. The van der Waals surface area contributed by atoms with E-state index >= 15 is 0 Å². The normalized spacial score (nSPS) is 16.6. The van der Waals surface area contributed by atoms with Crippen molar-refractivity contribution in [1.29, 1.82) is 0 Å². The Morgan fingerprint density at radius 1 is 0.917 bits per heavy atom. The van der Waals surface area contributed by atoms with Crippen molar-refractivity contribution in [3.8, 4) is 0 Å². The van der Waals surface area contributed by atoms with Crippen molar-refractivity contribution in [2.75, 3.05) is 10.6 Å². The van der Waals surface area contributed by atoms with Crippen LogP contribution in [-0.4, -0.2) is 32.2 Å². The topological polar surface area (TPSA) is 110 Å². The van der Waals surface area contributed by atoms with Crippen LogP contribution < -0.4 is 10.6 Å². The third-order valence-electron chi connectivity index (χ3n) is 5.88. The van der Waals surface area contributed by atoms with Gasteiger partial charge in [-0.25, -0.2) is 0 Å². The largest absolute Gasteiger partial charge is 0.309 e. The van der Waals surface area contributed by atoms with E-state index in [2.05, 4.69) is 50.1 Å². The summed E-state index contributed by atoms with van der Waals surface area (Å²) < 4.78 is 0. The fourth-order valence-corrected chi connectivity index (χ4v) is 4.75. The maximum absolute atomic E-state index is 12.4. The van der Waals surface area contributed by atoms with Crippen LogP contribution in [0.2, 0.25) is 0 Å². The molecule has 2 amide bonds. The van der Waals surface area contributed by atoms with E-state index in [1.54, 1.807) is 6.07 Å². The number of carbonyl (C=O) groups excluding carboxylic acids is 2. The zero-order chi connectivity index (χ0) is 25.2. The Morgan fingerprint density at radius 3 is 2.50 bits per heavy atom. The van der Waals surface area contributed by atoms with Crippen LogP contribution in [0, 0.1) is 5.41 Å². The number of carbonyl (C=O) groups is 2. The fourth-order valence-electron chi connectivity index (χ4n) is 3.95. The van der Waals surface area contributed by atoms with E-state index in [4.69, 9.17) is 0 Å². The number of amides is 2. The van der Waals surface area contributed by atoms with E-state index in [0.717, 1.165) is 48.4 Å². The first kappa shape index (κ1) is 25.4. The Labute approximate surface area is 215 Å². The van der Waals surface area contributed by atoms with Gasteiger partial charge >= 0.3 is 0 Å². The summed E-state index contributed by atoms with van der Waals surface area (Å²) in [6, 6.07) is 13.3. The molecule has 8 nitrogen and oxygen atoms in total. The Bertz CT molecular complexity index is 1220. The molecule has 2 heterocycles. The number of hydrogen-bond donors (Lipinski definition) is 2. The van der Waals surface area contributed by atoms with E-state index < -0.39 is 0 Å². The summed E-state index contributed by atoms with van der Waals surface area (Å²) in [5.74, 6) is 0.291. The zero-order valence-corrected chi connectivity index (χ0v) is 21.1. The van der Waals surface area contributed by atoms with Gasteiger partial charge in [0.2, 0.25) is 16.9 Å². The lowest BCUT2D eigenvalue weighted by atomic mass is 9.80. The molecular weight excluding hydrogens is 472 g/mol. The minimum absolute atomic E-state index is 0.0431. The van der Waals surface area contributed by atoms with Crippen molar-refractivity contribution in [1.82, 2.24) is 20.4 Å². The zero-order valence-electron chi connectivity index (χ0n) is 20.3. The van der Waals surface area contributed by atoms with Gasteiger partial charge in [0.05, 0.1) is 12.1 Å². The Kier molecular flexibility index (Phi) is 8.67. The molecule has 36 heavy (non-hydrogen) atoms. The highest BCUT2D eigenvalue weighted by atomic mass is 32.1. The average Bonchev–Trinajstić information content (AvgIpc) is 3.30. The summed E-state index contributed by atoms with van der Waals surface area (Å²) in [6.07, 6.45) is 13.2. The molecule has 3 aromatic rings. The van der Waals surface area contributed by atoms with Crippen molar-refractivity contribution in [2.24, 2.45) is 5.41 Å². The molecule has 1 aliphatic carbocycles. The Hall–Kier alpha value is -3.72. The molecule has 2 N–H and O–H groups in total. The van der Waals surface area contributed by atoms with Crippen LogP contribution in [0.1, 0.15) is 48.9 Å². The molecule has 0 fully saturated rings. The molecule has 0 bridgehead atoms. The number of hydrogen-bond acceptors (Lipinski definition) is 7. The average molecular weight is 503 g/mol. The number of allylic oxidation sites excluding steroid dienone is 4.